The molecule has 0 saturated carbocycles. The molecule has 1 saturated heterocycles. The van der Waals surface area contributed by atoms with E-state index in [0.717, 1.165) is 18.4 Å². The first-order chi connectivity index (χ1) is 13.2. The topological polar surface area (TPSA) is 68.5 Å². The highest BCUT2D eigenvalue weighted by atomic mass is 35.5. The number of hydrogen-bond acceptors (Lipinski definition) is 5. The molecule has 1 amide bonds. The lowest BCUT2D eigenvalue weighted by atomic mass is 10.2. The highest BCUT2D eigenvalue weighted by Crippen LogP contribution is 2.32. The molecule has 4 rings (SSSR count). The number of ether oxygens (including phenoxy) is 1. The van der Waals surface area contributed by atoms with Gasteiger partial charge < -0.3 is 14.2 Å². The van der Waals surface area contributed by atoms with E-state index in [9.17, 15) is 4.79 Å². The van der Waals surface area contributed by atoms with Crippen LogP contribution >= 0.6 is 11.6 Å². The van der Waals surface area contributed by atoms with E-state index in [-0.39, 0.29) is 18.6 Å². The molecule has 2 aromatic carbocycles. The Morgan fingerprint density at radius 3 is 2.74 bits per heavy atom. The average Bonchev–Trinajstić information content (AvgIpc) is 3.37. The van der Waals surface area contributed by atoms with Gasteiger partial charge in [-0.05, 0) is 37.1 Å². The molecule has 138 valence electrons. The smallest absolute Gasteiger partial charge is 0.261 e. The lowest BCUT2D eigenvalue weighted by molar-refractivity contribution is -0.134. The van der Waals surface area contributed by atoms with Crippen molar-refractivity contribution in [2.24, 2.45) is 0 Å². The number of likely N-dealkylation sites (tertiary alicyclic amines) is 1. The van der Waals surface area contributed by atoms with Crippen LogP contribution in [0.5, 0.6) is 5.75 Å². The predicted octanol–water partition coefficient (Wildman–Crippen LogP) is 4.13. The molecule has 1 aromatic heterocycles. The Morgan fingerprint density at radius 1 is 1.19 bits per heavy atom. The van der Waals surface area contributed by atoms with Gasteiger partial charge in [0.1, 0.15) is 11.8 Å². The van der Waals surface area contributed by atoms with Crippen LogP contribution in [0.25, 0.3) is 11.4 Å². The Morgan fingerprint density at radius 2 is 1.96 bits per heavy atom. The maximum atomic E-state index is 12.6. The third-order valence-corrected chi connectivity index (χ3v) is 4.76. The van der Waals surface area contributed by atoms with Crippen molar-refractivity contribution in [2.45, 2.75) is 18.9 Å². The molecule has 27 heavy (non-hydrogen) atoms. The molecule has 0 bridgehead atoms. The second-order valence-electron chi connectivity index (χ2n) is 6.31. The average molecular weight is 384 g/mol. The van der Waals surface area contributed by atoms with Gasteiger partial charge in [-0.2, -0.15) is 4.98 Å². The Labute approximate surface area is 161 Å². The van der Waals surface area contributed by atoms with E-state index in [4.69, 9.17) is 20.9 Å². The lowest BCUT2D eigenvalue weighted by Crippen LogP contribution is -2.34. The molecule has 1 atom stereocenters. The zero-order valence-corrected chi connectivity index (χ0v) is 15.3. The molecule has 0 unspecified atom stereocenters. The standard InChI is InChI=1S/C20H18ClN3O3/c21-15-8-10-16(11-9-15)26-13-18(25)24-12-4-7-17(24)20-22-19(23-27-20)14-5-2-1-3-6-14/h1-3,5-6,8-11,17H,4,7,12-13H2/t17-/m1/s1. The summed E-state index contributed by atoms with van der Waals surface area (Å²) >= 11 is 5.86. The van der Waals surface area contributed by atoms with Crippen molar-refractivity contribution in [2.75, 3.05) is 13.2 Å². The van der Waals surface area contributed by atoms with Crippen LogP contribution in [-0.2, 0) is 4.79 Å². The van der Waals surface area contributed by atoms with Crippen molar-refractivity contribution in [3.63, 3.8) is 0 Å². The summed E-state index contributed by atoms with van der Waals surface area (Å²) in [5.41, 5.74) is 0.884. The van der Waals surface area contributed by atoms with E-state index in [1.54, 1.807) is 29.2 Å². The molecule has 2 heterocycles. The summed E-state index contributed by atoms with van der Waals surface area (Å²) in [6.45, 7) is 0.605. The minimum absolute atomic E-state index is 0.0438. The molecule has 1 aliphatic rings. The summed E-state index contributed by atoms with van der Waals surface area (Å²) in [4.78, 5) is 18.9. The Balaban J connectivity index is 1.43. The van der Waals surface area contributed by atoms with Gasteiger partial charge in [-0.3, -0.25) is 4.79 Å². The van der Waals surface area contributed by atoms with Crippen LogP contribution < -0.4 is 4.74 Å². The van der Waals surface area contributed by atoms with E-state index in [0.29, 0.717) is 29.0 Å². The van der Waals surface area contributed by atoms with Gasteiger partial charge in [-0.1, -0.05) is 47.1 Å². The van der Waals surface area contributed by atoms with Gasteiger partial charge in [0.2, 0.25) is 11.7 Å². The van der Waals surface area contributed by atoms with Gasteiger partial charge >= 0.3 is 0 Å². The van der Waals surface area contributed by atoms with Crippen LogP contribution in [0.2, 0.25) is 5.02 Å². The summed E-state index contributed by atoms with van der Waals surface area (Å²) in [6, 6.07) is 16.3. The number of rotatable bonds is 5. The quantitative estimate of drug-likeness (QED) is 0.662. The molecule has 7 heteroatoms. The normalized spacial score (nSPS) is 16.5. The summed E-state index contributed by atoms with van der Waals surface area (Å²) in [5, 5.41) is 4.68. The van der Waals surface area contributed by atoms with Crippen LogP contribution in [0, 0.1) is 0 Å². The van der Waals surface area contributed by atoms with Crippen molar-refractivity contribution in [1.82, 2.24) is 15.0 Å². The number of carbonyl (C=O) groups excluding carboxylic acids is 1. The molecular weight excluding hydrogens is 366 g/mol. The fourth-order valence-electron chi connectivity index (χ4n) is 3.16. The van der Waals surface area contributed by atoms with Crippen LogP contribution in [-0.4, -0.2) is 34.1 Å². The first-order valence-corrected chi connectivity index (χ1v) is 9.15. The summed E-state index contributed by atoms with van der Waals surface area (Å²) in [6.07, 6.45) is 1.68. The molecule has 1 aliphatic heterocycles. The van der Waals surface area contributed by atoms with Crippen molar-refractivity contribution in [3.8, 4) is 17.1 Å². The number of aromatic nitrogens is 2. The maximum absolute atomic E-state index is 12.6. The Bertz CT molecular complexity index is 912. The summed E-state index contributed by atoms with van der Waals surface area (Å²) in [5.74, 6) is 1.49. The number of hydrogen-bond donors (Lipinski definition) is 0. The van der Waals surface area contributed by atoms with Crippen molar-refractivity contribution < 1.29 is 14.1 Å². The van der Waals surface area contributed by atoms with E-state index in [2.05, 4.69) is 10.1 Å². The fourth-order valence-corrected chi connectivity index (χ4v) is 3.28. The number of amides is 1. The SMILES string of the molecule is O=C(COc1ccc(Cl)cc1)N1CCC[C@@H]1c1nc(-c2ccccc2)no1. The molecule has 0 aliphatic carbocycles. The second kappa shape index (κ2) is 7.80. The van der Waals surface area contributed by atoms with Crippen LogP contribution in [0.15, 0.2) is 59.1 Å². The minimum atomic E-state index is -0.212. The van der Waals surface area contributed by atoms with Gasteiger partial charge in [0, 0.05) is 17.1 Å². The van der Waals surface area contributed by atoms with Crippen molar-refractivity contribution >= 4 is 17.5 Å². The molecule has 3 aromatic rings. The van der Waals surface area contributed by atoms with E-state index < -0.39 is 0 Å². The first kappa shape index (κ1) is 17.5. The number of halogens is 1. The van der Waals surface area contributed by atoms with Crippen LogP contribution in [0.4, 0.5) is 0 Å². The second-order valence-corrected chi connectivity index (χ2v) is 6.75. The molecular formula is C20H18ClN3O3. The Hall–Kier alpha value is -2.86. The van der Waals surface area contributed by atoms with Crippen molar-refractivity contribution in [1.29, 1.82) is 0 Å². The third kappa shape index (κ3) is 3.95. The first-order valence-electron chi connectivity index (χ1n) is 8.77. The number of benzene rings is 2. The largest absolute Gasteiger partial charge is 0.484 e. The molecule has 6 nitrogen and oxygen atoms in total. The third-order valence-electron chi connectivity index (χ3n) is 4.51. The van der Waals surface area contributed by atoms with Crippen LogP contribution in [0.1, 0.15) is 24.8 Å². The van der Waals surface area contributed by atoms with Gasteiger partial charge in [0.05, 0.1) is 0 Å². The maximum Gasteiger partial charge on any atom is 0.261 e. The molecule has 1 fully saturated rings. The molecule has 0 N–H and O–H groups in total. The predicted molar refractivity (Wildman–Crippen MR) is 100 cm³/mol. The van der Waals surface area contributed by atoms with Crippen LogP contribution in [0.3, 0.4) is 0 Å². The molecule has 0 spiro atoms. The van der Waals surface area contributed by atoms with E-state index in [1.165, 1.54) is 0 Å². The zero-order valence-electron chi connectivity index (χ0n) is 14.5. The monoisotopic (exact) mass is 383 g/mol. The van der Waals surface area contributed by atoms with Crippen molar-refractivity contribution in [3.05, 3.63) is 65.5 Å². The minimum Gasteiger partial charge on any atom is -0.484 e. The number of carbonyl (C=O) groups is 1. The summed E-state index contributed by atoms with van der Waals surface area (Å²) < 4.78 is 11.0. The molecule has 0 radical (unpaired) electrons. The Kier molecular flexibility index (Phi) is 5.07. The van der Waals surface area contributed by atoms with E-state index >= 15 is 0 Å². The zero-order chi connectivity index (χ0) is 18.6. The lowest BCUT2D eigenvalue weighted by Gasteiger charge is -2.21. The van der Waals surface area contributed by atoms with Gasteiger partial charge in [0.15, 0.2) is 6.61 Å². The van der Waals surface area contributed by atoms with E-state index in [1.807, 2.05) is 30.3 Å². The fraction of sp³-hybridized carbons (Fsp3) is 0.250. The van der Waals surface area contributed by atoms with Gasteiger partial charge in [-0.25, -0.2) is 0 Å². The number of nitrogens with zero attached hydrogens (tertiary/aromatic N) is 3. The summed E-state index contributed by atoms with van der Waals surface area (Å²) in [7, 11) is 0. The highest BCUT2D eigenvalue weighted by Gasteiger charge is 2.34. The van der Waals surface area contributed by atoms with Gasteiger partial charge in [-0.15, -0.1) is 0 Å². The van der Waals surface area contributed by atoms with Gasteiger partial charge in [0.25, 0.3) is 5.91 Å². The highest BCUT2D eigenvalue weighted by molar-refractivity contribution is 6.30.